The Morgan fingerprint density at radius 3 is 2.76 bits per heavy atom. The zero-order valence-electron chi connectivity index (χ0n) is 11.2. The second-order valence-electron chi connectivity index (χ2n) is 5.87. The number of nitrogens with zero attached hydrogens (tertiary/aromatic N) is 2. The predicted molar refractivity (Wildman–Crippen MR) is 68.5 cm³/mol. The van der Waals surface area contributed by atoms with Gasteiger partial charge in [-0.1, -0.05) is 20.3 Å². The molecule has 1 fully saturated rings. The molecule has 0 radical (unpaired) electrons. The number of rotatable bonds is 2. The largest absolute Gasteiger partial charge is 0.385 e. The average Bonchev–Trinajstić information content (AvgIpc) is 2.59. The molecule has 3 nitrogen and oxygen atoms in total. The molecule has 1 N–H and O–H groups in total. The van der Waals surface area contributed by atoms with Crippen molar-refractivity contribution < 1.29 is 5.11 Å². The monoisotopic (exact) mass is 236 g/mol. The number of aliphatic hydroxyl groups is 1. The summed E-state index contributed by atoms with van der Waals surface area (Å²) in [6.07, 6.45) is 9.02. The molecular weight excluding hydrogens is 212 g/mol. The van der Waals surface area contributed by atoms with E-state index in [1.165, 1.54) is 6.42 Å². The van der Waals surface area contributed by atoms with E-state index < -0.39 is 5.60 Å². The smallest absolute Gasteiger partial charge is 0.0927 e. The van der Waals surface area contributed by atoms with E-state index in [0.29, 0.717) is 0 Å². The minimum atomic E-state index is -0.641. The Morgan fingerprint density at radius 2 is 2.18 bits per heavy atom. The molecule has 0 aromatic carbocycles. The van der Waals surface area contributed by atoms with Gasteiger partial charge < -0.3 is 5.11 Å². The van der Waals surface area contributed by atoms with Gasteiger partial charge in [-0.2, -0.15) is 5.10 Å². The van der Waals surface area contributed by atoms with Crippen LogP contribution in [0, 0.1) is 11.8 Å². The van der Waals surface area contributed by atoms with Crippen LogP contribution in [0.2, 0.25) is 0 Å². The summed E-state index contributed by atoms with van der Waals surface area (Å²) in [7, 11) is 1.90. The van der Waals surface area contributed by atoms with Crippen molar-refractivity contribution in [3.63, 3.8) is 0 Å². The van der Waals surface area contributed by atoms with E-state index in [0.717, 1.165) is 43.1 Å². The summed E-state index contributed by atoms with van der Waals surface area (Å²) in [4.78, 5) is 0. The summed E-state index contributed by atoms with van der Waals surface area (Å²) < 4.78 is 1.78. The predicted octanol–water partition coefficient (Wildman–Crippen LogP) is 2.84. The van der Waals surface area contributed by atoms with Crippen molar-refractivity contribution in [2.24, 2.45) is 18.9 Å². The van der Waals surface area contributed by atoms with Crippen molar-refractivity contribution in [1.29, 1.82) is 0 Å². The van der Waals surface area contributed by atoms with Gasteiger partial charge in [0.2, 0.25) is 0 Å². The second-order valence-corrected chi connectivity index (χ2v) is 5.87. The highest BCUT2D eigenvalue weighted by Crippen LogP contribution is 2.39. The molecule has 2 unspecified atom stereocenters. The fourth-order valence-electron chi connectivity index (χ4n) is 2.97. The highest BCUT2D eigenvalue weighted by atomic mass is 16.3. The van der Waals surface area contributed by atoms with Crippen LogP contribution in [0.25, 0.3) is 0 Å². The van der Waals surface area contributed by atoms with Gasteiger partial charge in [0.1, 0.15) is 0 Å². The Bertz CT molecular complexity index is 372. The van der Waals surface area contributed by atoms with Crippen LogP contribution in [0.5, 0.6) is 0 Å². The van der Waals surface area contributed by atoms with Crippen LogP contribution < -0.4 is 0 Å². The van der Waals surface area contributed by atoms with E-state index in [4.69, 9.17) is 0 Å². The number of hydrogen-bond donors (Lipinski definition) is 1. The molecule has 1 aliphatic carbocycles. The van der Waals surface area contributed by atoms with E-state index in [1.807, 2.05) is 19.4 Å². The van der Waals surface area contributed by atoms with Gasteiger partial charge in [-0.15, -0.1) is 0 Å². The Hall–Kier alpha value is -0.830. The van der Waals surface area contributed by atoms with Crippen molar-refractivity contribution in [3.05, 3.63) is 18.0 Å². The molecule has 1 aliphatic rings. The van der Waals surface area contributed by atoms with Gasteiger partial charge >= 0.3 is 0 Å². The van der Waals surface area contributed by atoms with Gasteiger partial charge in [0, 0.05) is 18.8 Å². The Balaban J connectivity index is 2.11. The molecule has 96 valence electrons. The van der Waals surface area contributed by atoms with E-state index in [1.54, 1.807) is 4.68 Å². The molecule has 0 spiro atoms. The van der Waals surface area contributed by atoms with Gasteiger partial charge in [0.15, 0.2) is 0 Å². The number of aryl methyl sites for hydroxylation is 1. The van der Waals surface area contributed by atoms with E-state index in [-0.39, 0.29) is 0 Å². The third-order valence-corrected chi connectivity index (χ3v) is 4.28. The summed E-state index contributed by atoms with van der Waals surface area (Å²) >= 11 is 0. The third-order valence-electron chi connectivity index (χ3n) is 4.28. The van der Waals surface area contributed by atoms with Crippen molar-refractivity contribution in [2.75, 3.05) is 0 Å². The van der Waals surface area contributed by atoms with Crippen molar-refractivity contribution in [2.45, 2.75) is 51.6 Å². The van der Waals surface area contributed by atoms with Crippen LogP contribution in [-0.2, 0) is 12.6 Å². The summed E-state index contributed by atoms with van der Waals surface area (Å²) in [6, 6.07) is 0. The molecule has 3 heteroatoms. The summed E-state index contributed by atoms with van der Waals surface area (Å²) in [5, 5.41) is 15.0. The zero-order chi connectivity index (χ0) is 12.5. The Morgan fingerprint density at radius 1 is 1.41 bits per heavy atom. The van der Waals surface area contributed by atoms with Gasteiger partial charge in [0.25, 0.3) is 0 Å². The standard InChI is InChI=1S/C14H24N2O/c1-11(2)12-5-4-7-14(17,8-6-12)13-9-15-16(3)10-13/h9-12,17H,4-8H2,1-3H3. The lowest BCUT2D eigenvalue weighted by Crippen LogP contribution is -2.24. The first-order valence-corrected chi connectivity index (χ1v) is 6.73. The summed E-state index contributed by atoms with van der Waals surface area (Å²) in [6.45, 7) is 4.58. The minimum Gasteiger partial charge on any atom is -0.385 e. The Kier molecular flexibility index (Phi) is 3.57. The van der Waals surface area contributed by atoms with Crippen molar-refractivity contribution in [1.82, 2.24) is 9.78 Å². The normalized spacial score (nSPS) is 30.5. The van der Waals surface area contributed by atoms with Crippen molar-refractivity contribution >= 4 is 0 Å². The van der Waals surface area contributed by atoms with Crippen LogP contribution in [-0.4, -0.2) is 14.9 Å². The van der Waals surface area contributed by atoms with Gasteiger partial charge in [-0.25, -0.2) is 0 Å². The molecule has 17 heavy (non-hydrogen) atoms. The zero-order valence-corrected chi connectivity index (χ0v) is 11.2. The first-order valence-electron chi connectivity index (χ1n) is 6.73. The quantitative estimate of drug-likeness (QED) is 0.802. The maximum Gasteiger partial charge on any atom is 0.0927 e. The van der Waals surface area contributed by atoms with Crippen LogP contribution in [0.3, 0.4) is 0 Å². The Labute approximate surface area is 104 Å². The summed E-state index contributed by atoms with van der Waals surface area (Å²) in [5.41, 5.74) is 0.349. The minimum absolute atomic E-state index is 0.641. The second kappa shape index (κ2) is 4.81. The third kappa shape index (κ3) is 2.71. The van der Waals surface area contributed by atoms with Gasteiger partial charge in [-0.3, -0.25) is 4.68 Å². The lowest BCUT2D eigenvalue weighted by Gasteiger charge is -2.25. The molecule has 1 saturated carbocycles. The molecule has 1 aromatic rings. The van der Waals surface area contributed by atoms with Crippen LogP contribution in [0.1, 0.15) is 51.5 Å². The lowest BCUT2D eigenvalue weighted by molar-refractivity contribution is 0.0190. The molecule has 0 bridgehead atoms. The van der Waals surface area contributed by atoms with E-state index in [9.17, 15) is 5.11 Å². The fourth-order valence-corrected chi connectivity index (χ4v) is 2.97. The lowest BCUT2D eigenvalue weighted by atomic mass is 9.86. The van der Waals surface area contributed by atoms with E-state index in [2.05, 4.69) is 18.9 Å². The molecule has 1 aromatic heterocycles. The number of hydrogen-bond acceptors (Lipinski definition) is 2. The molecule has 1 heterocycles. The summed E-state index contributed by atoms with van der Waals surface area (Å²) in [5.74, 6) is 1.49. The van der Waals surface area contributed by atoms with Crippen LogP contribution >= 0.6 is 0 Å². The molecule has 0 saturated heterocycles. The van der Waals surface area contributed by atoms with Gasteiger partial charge in [-0.05, 0) is 37.5 Å². The van der Waals surface area contributed by atoms with Crippen molar-refractivity contribution in [3.8, 4) is 0 Å². The molecular formula is C14H24N2O. The number of aromatic nitrogens is 2. The van der Waals surface area contributed by atoms with Crippen LogP contribution in [0.4, 0.5) is 0 Å². The SMILES string of the molecule is CC(C)C1CCCC(O)(c2cnn(C)c2)CC1. The first kappa shape index (κ1) is 12.6. The van der Waals surface area contributed by atoms with Gasteiger partial charge in [0.05, 0.1) is 11.8 Å². The topological polar surface area (TPSA) is 38.1 Å². The molecule has 2 rings (SSSR count). The first-order chi connectivity index (χ1) is 8.01. The maximum atomic E-state index is 10.8. The molecule has 2 atom stereocenters. The van der Waals surface area contributed by atoms with Crippen LogP contribution in [0.15, 0.2) is 12.4 Å². The highest BCUT2D eigenvalue weighted by molar-refractivity contribution is 5.15. The van der Waals surface area contributed by atoms with E-state index >= 15 is 0 Å². The fraction of sp³-hybridized carbons (Fsp3) is 0.786. The highest BCUT2D eigenvalue weighted by Gasteiger charge is 2.34. The molecule has 0 aliphatic heterocycles. The molecule has 0 amide bonds. The average molecular weight is 236 g/mol. The maximum absolute atomic E-state index is 10.8.